The molecule has 2 fully saturated rings. The molecule has 30 heavy (non-hydrogen) atoms. The molecule has 0 radical (unpaired) electrons. The number of carbonyl (C=O) groups excluding carboxylic acids is 2. The van der Waals surface area contributed by atoms with Gasteiger partial charge >= 0.3 is 0 Å². The quantitative estimate of drug-likeness (QED) is 0.638. The first-order chi connectivity index (χ1) is 14.5. The molecule has 1 aromatic carbocycles. The molecule has 1 heterocycles. The minimum atomic E-state index is -0.643. The predicted octanol–water partition coefficient (Wildman–Crippen LogP) is 5.01. The first-order valence-corrected chi connectivity index (χ1v) is 11.6. The van der Waals surface area contributed by atoms with E-state index in [1.54, 1.807) is 17.0 Å². The van der Waals surface area contributed by atoms with Crippen LogP contribution in [-0.4, -0.2) is 40.7 Å². The van der Waals surface area contributed by atoms with Crippen molar-refractivity contribution < 1.29 is 14.0 Å². The van der Waals surface area contributed by atoms with Gasteiger partial charge < -0.3 is 9.80 Å². The van der Waals surface area contributed by atoms with Crippen molar-refractivity contribution in [1.29, 1.82) is 0 Å². The summed E-state index contributed by atoms with van der Waals surface area (Å²) < 4.78 is 13.5. The van der Waals surface area contributed by atoms with E-state index < -0.39 is 6.04 Å². The highest BCUT2D eigenvalue weighted by molar-refractivity contribution is 5.95. The normalized spacial score (nSPS) is 27.9. The number of amides is 2. The number of nitrogens with zero attached hydrogens (tertiary/aromatic N) is 2. The van der Waals surface area contributed by atoms with E-state index in [0.29, 0.717) is 18.0 Å². The number of piperazine rings is 1. The zero-order chi connectivity index (χ0) is 21.1. The Morgan fingerprint density at radius 3 is 2.43 bits per heavy atom. The van der Waals surface area contributed by atoms with Gasteiger partial charge in [-0.15, -0.1) is 0 Å². The Labute approximate surface area is 179 Å². The predicted molar refractivity (Wildman–Crippen MR) is 115 cm³/mol. The van der Waals surface area contributed by atoms with E-state index in [9.17, 15) is 14.0 Å². The van der Waals surface area contributed by atoms with E-state index in [1.807, 2.05) is 4.90 Å². The highest BCUT2D eigenvalue weighted by Gasteiger charge is 2.43. The second kappa shape index (κ2) is 9.32. The molecule has 3 aliphatic rings. The van der Waals surface area contributed by atoms with Crippen LogP contribution in [0.15, 0.2) is 35.9 Å². The van der Waals surface area contributed by atoms with Gasteiger partial charge in [0.1, 0.15) is 18.4 Å². The van der Waals surface area contributed by atoms with Crippen LogP contribution in [0.1, 0.15) is 76.3 Å². The number of benzene rings is 1. The van der Waals surface area contributed by atoms with Crippen LogP contribution >= 0.6 is 0 Å². The van der Waals surface area contributed by atoms with E-state index in [1.165, 1.54) is 30.5 Å². The lowest BCUT2D eigenvalue weighted by Gasteiger charge is -2.45. The van der Waals surface area contributed by atoms with Gasteiger partial charge in [0.2, 0.25) is 5.91 Å². The van der Waals surface area contributed by atoms with Gasteiger partial charge in [0.25, 0.3) is 5.91 Å². The Kier molecular flexibility index (Phi) is 6.55. The average molecular weight is 413 g/mol. The molecule has 0 N–H and O–H groups in total. The van der Waals surface area contributed by atoms with Crippen molar-refractivity contribution in [3.63, 3.8) is 0 Å². The van der Waals surface area contributed by atoms with Gasteiger partial charge in [-0.25, -0.2) is 4.39 Å². The first-order valence-electron chi connectivity index (χ1n) is 11.6. The van der Waals surface area contributed by atoms with Gasteiger partial charge in [-0.05, 0) is 81.4 Å². The van der Waals surface area contributed by atoms with E-state index in [0.717, 1.165) is 44.9 Å². The summed E-state index contributed by atoms with van der Waals surface area (Å²) in [5, 5.41) is 0. The highest BCUT2D eigenvalue weighted by atomic mass is 19.1. The molecule has 0 unspecified atom stereocenters. The Hall–Kier alpha value is -2.17. The molecule has 0 spiro atoms. The standard InChI is InChI=1S/C25H33FN2O2/c1-18-7-13-22(14-8-18)28-17-23(29)27(16-15-19-5-3-2-4-6-19)24(25(28)30)20-9-11-21(26)12-10-20/h5,9-12,18,22,24H,2-4,6-8,13-17H2,1H3/t18?,22?,24-/m0/s1. The summed E-state index contributed by atoms with van der Waals surface area (Å²) >= 11 is 0. The lowest BCUT2D eigenvalue weighted by atomic mass is 9.85. The van der Waals surface area contributed by atoms with Crippen LogP contribution in [-0.2, 0) is 9.59 Å². The lowest BCUT2D eigenvalue weighted by Crippen LogP contribution is -2.58. The van der Waals surface area contributed by atoms with Crippen molar-refractivity contribution in [3.05, 3.63) is 47.3 Å². The monoisotopic (exact) mass is 412 g/mol. The van der Waals surface area contributed by atoms with E-state index >= 15 is 0 Å². The number of halogens is 1. The van der Waals surface area contributed by atoms with Crippen molar-refractivity contribution in [3.8, 4) is 0 Å². The molecule has 1 aliphatic heterocycles. The molecule has 0 aromatic heterocycles. The van der Waals surface area contributed by atoms with Crippen LogP contribution in [0.5, 0.6) is 0 Å². The number of hydrogen-bond donors (Lipinski definition) is 0. The third-order valence-corrected chi connectivity index (χ3v) is 7.13. The van der Waals surface area contributed by atoms with Crippen molar-refractivity contribution in [2.24, 2.45) is 5.92 Å². The second-order valence-corrected chi connectivity index (χ2v) is 9.28. The molecule has 1 atom stereocenters. The van der Waals surface area contributed by atoms with Gasteiger partial charge in [0.15, 0.2) is 0 Å². The number of carbonyl (C=O) groups is 2. The number of allylic oxidation sites excluding steroid dienone is 1. The van der Waals surface area contributed by atoms with Crippen molar-refractivity contribution >= 4 is 11.8 Å². The molecular weight excluding hydrogens is 379 g/mol. The zero-order valence-corrected chi connectivity index (χ0v) is 18.0. The molecular formula is C25H33FN2O2. The summed E-state index contributed by atoms with van der Waals surface area (Å²) in [5.41, 5.74) is 2.10. The van der Waals surface area contributed by atoms with Crippen LogP contribution in [0, 0.1) is 11.7 Å². The van der Waals surface area contributed by atoms with Gasteiger partial charge in [0.05, 0.1) is 0 Å². The second-order valence-electron chi connectivity index (χ2n) is 9.28. The van der Waals surface area contributed by atoms with Gasteiger partial charge in [-0.1, -0.05) is 30.7 Å². The molecule has 1 saturated heterocycles. The third-order valence-electron chi connectivity index (χ3n) is 7.13. The fraction of sp³-hybridized carbons (Fsp3) is 0.600. The summed E-state index contributed by atoms with van der Waals surface area (Å²) in [6.07, 6.45) is 11.9. The topological polar surface area (TPSA) is 40.6 Å². The van der Waals surface area contributed by atoms with Crippen molar-refractivity contribution in [1.82, 2.24) is 9.80 Å². The minimum Gasteiger partial charge on any atom is -0.328 e. The van der Waals surface area contributed by atoms with Crippen molar-refractivity contribution in [2.45, 2.75) is 76.8 Å². The Morgan fingerprint density at radius 2 is 1.77 bits per heavy atom. The summed E-state index contributed by atoms with van der Waals surface area (Å²) in [6, 6.07) is 5.58. The fourth-order valence-corrected chi connectivity index (χ4v) is 5.23. The molecule has 0 bridgehead atoms. The van der Waals surface area contributed by atoms with Crippen LogP contribution in [0.2, 0.25) is 0 Å². The largest absolute Gasteiger partial charge is 0.328 e. The van der Waals surface area contributed by atoms with Gasteiger partial charge in [-0.2, -0.15) is 0 Å². The summed E-state index contributed by atoms with van der Waals surface area (Å²) in [5.74, 6) is 0.368. The van der Waals surface area contributed by atoms with Crippen molar-refractivity contribution in [2.75, 3.05) is 13.1 Å². The van der Waals surface area contributed by atoms with Gasteiger partial charge in [0, 0.05) is 12.6 Å². The molecule has 1 aromatic rings. The zero-order valence-electron chi connectivity index (χ0n) is 18.0. The highest BCUT2D eigenvalue weighted by Crippen LogP contribution is 2.34. The van der Waals surface area contributed by atoms with Gasteiger partial charge in [-0.3, -0.25) is 9.59 Å². The molecule has 1 saturated carbocycles. The third kappa shape index (κ3) is 4.60. The lowest BCUT2D eigenvalue weighted by molar-refractivity contribution is -0.159. The molecule has 162 valence electrons. The molecule has 2 amide bonds. The summed E-state index contributed by atoms with van der Waals surface area (Å²) in [4.78, 5) is 30.4. The maximum atomic E-state index is 13.6. The Morgan fingerprint density at radius 1 is 1.03 bits per heavy atom. The van der Waals surface area contributed by atoms with E-state index in [4.69, 9.17) is 0 Å². The molecule has 4 nitrogen and oxygen atoms in total. The number of rotatable bonds is 5. The Balaban J connectivity index is 1.57. The van der Waals surface area contributed by atoms with Crippen LogP contribution < -0.4 is 0 Å². The molecule has 2 aliphatic carbocycles. The van der Waals surface area contributed by atoms with Crippen LogP contribution in [0.4, 0.5) is 4.39 Å². The maximum Gasteiger partial charge on any atom is 0.250 e. The first kappa shape index (κ1) is 21.1. The summed E-state index contributed by atoms with van der Waals surface area (Å²) in [6.45, 7) is 2.98. The molecule has 5 heteroatoms. The SMILES string of the molecule is CC1CCC(N2CC(=O)N(CCC3=CCCCC3)[C@@H](c3ccc(F)cc3)C2=O)CC1. The van der Waals surface area contributed by atoms with E-state index in [2.05, 4.69) is 13.0 Å². The maximum absolute atomic E-state index is 13.6. The summed E-state index contributed by atoms with van der Waals surface area (Å²) in [7, 11) is 0. The van der Waals surface area contributed by atoms with Crippen LogP contribution in [0.25, 0.3) is 0 Å². The van der Waals surface area contributed by atoms with E-state index in [-0.39, 0.29) is 30.2 Å². The smallest absolute Gasteiger partial charge is 0.250 e. The average Bonchev–Trinajstić information content (AvgIpc) is 2.76. The van der Waals surface area contributed by atoms with Crippen LogP contribution in [0.3, 0.4) is 0 Å². The fourth-order valence-electron chi connectivity index (χ4n) is 5.23. The minimum absolute atomic E-state index is 0.00150. The number of hydrogen-bond acceptors (Lipinski definition) is 2. The Bertz CT molecular complexity index is 796. The molecule has 4 rings (SSSR count).